The van der Waals surface area contributed by atoms with Crippen molar-refractivity contribution < 1.29 is 23.1 Å². The first-order valence-corrected chi connectivity index (χ1v) is 8.90. The smallest absolute Gasteiger partial charge is 0.387 e. The second kappa shape index (κ2) is 9.76. The van der Waals surface area contributed by atoms with Gasteiger partial charge in [0.1, 0.15) is 5.75 Å². The van der Waals surface area contributed by atoms with Gasteiger partial charge in [0.2, 0.25) is 6.10 Å². The van der Waals surface area contributed by atoms with E-state index in [1.165, 1.54) is 31.0 Å². The molecule has 2 aromatic carbocycles. The zero-order valence-electron chi connectivity index (χ0n) is 14.2. The van der Waals surface area contributed by atoms with Crippen molar-refractivity contribution in [3.8, 4) is 5.75 Å². The lowest BCUT2D eigenvalue weighted by Crippen LogP contribution is -2.26. The van der Waals surface area contributed by atoms with E-state index in [1.807, 2.05) is 24.5 Å². The van der Waals surface area contributed by atoms with Crippen molar-refractivity contribution in [2.45, 2.75) is 24.5 Å². The maximum absolute atomic E-state index is 12.4. The Labute approximate surface area is 154 Å². The van der Waals surface area contributed by atoms with Crippen molar-refractivity contribution in [2.75, 3.05) is 11.6 Å². The maximum atomic E-state index is 12.4. The minimum atomic E-state index is -2.94. The topological polar surface area (TPSA) is 59.9 Å². The highest BCUT2D eigenvalue weighted by Crippen LogP contribution is 2.24. The molecule has 0 heterocycles. The summed E-state index contributed by atoms with van der Waals surface area (Å²) in [6, 6.07) is 13.5. The predicted molar refractivity (Wildman–Crippen MR) is 98.1 cm³/mol. The second-order valence-corrected chi connectivity index (χ2v) is 5.94. The summed E-state index contributed by atoms with van der Waals surface area (Å²) < 4.78 is 29.1. The molecular formula is C18H18F2N2O3S. The molecule has 0 aliphatic rings. The predicted octanol–water partition coefficient (Wildman–Crippen LogP) is 4.39. The molecule has 0 aromatic heterocycles. The first kappa shape index (κ1) is 19.7. The van der Waals surface area contributed by atoms with Gasteiger partial charge in [0.25, 0.3) is 5.91 Å². The molecular weight excluding hydrogens is 362 g/mol. The number of carbonyl (C=O) groups is 1. The number of thioether (sulfide) groups is 1. The van der Waals surface area contributed by atoms with Crippen molar-refractivity contribution in [2.24, 2.45) is 5.16 Å². The zero-order chi connectivity index (χ0) is 18.9. The van der Waals surface area contributed by atoms with Crippen LogP contribution < -0.4 is 10.1 Å². The number of ether oxygens (including phenoxy) is 1. The van der Waals surface area contributed by atoms with E-state index in [1.54, 1.807) is 24.3 Å². The lowest BCUT2D eigenvalue weighted by Gasteiger charge is -2.13. The van der Waals surface area contributed by atoms with E-state index in [0.29, 0.717) is 11.3 Å². The SMILES string of the molecule is CSc1ccccc1NC(=O)C(C)O/N=C/c1ccccc1OC(F)F. The van der Waals surface area contributed by atoms with E-state index in [9.17, 15) is 13.6 Å². The monoisotopic (exact) mass is 380 g/mol. The van der Waals surface area contributed by atoms with E-state index < -0.39 is 12.7 Å². The van der Waals surface area contributed by atoms with Gasteiger partial charge >= 0.3 is 6.61 Å². The first-order chi connectivity index (χ1) is 12.5. The van der Waals surface area contributed by atoms with Crippen molar-refractivity contribution in [1.29, 1.82) is 0 Å². The number of anilines is 1. The normalized spacial score (nSPS) is 12.2. The highest BCUT2D eigenvalue weighted by atomic mass is 32.2. The van der Waals surface area contributed by atoms with Crippen LogP contribution in [0.2, 0.25) is 0 Å². The summed E-state index contributed by atoms with van der Waals surface area (Å²) in [5, 5.41) is 6.46. The number of hydrogen-bond acceptors (Lipinski definition) is 5. The van der Waals surface area contributed by atoms with Crippen molar-refractivity contribution in [1.82, 2.24) is 0 Å². The quantitative estimate of drug-likeness (QED) is 0.419. The summed E-state index contributed by atoms with van der Waals surface area (Å²) in [5.74, 6) is -0.401. The molecule has 1 N–H and O–H groups in total. The van der Waals surface area contributed by atoms with Crippen molar-refractivity contribution >= 4 is 29.6 Å². The third kappa shape index (κ3) is 5.73. The van der Waals surface area contributed by atoms with Gasteiger partial charge in [-0.05, 0) is 37.4 Å². The molecule has 26 heavy (non-hydrogen) atoms. The Hall–Kier alpha value is -2.61. The molecule has 0 aliphatic heterocycles. The van der Waals surface area contributed by atoms with Crippen LogP contribution in [-0.2, 0) is 9.63 Å². The highest BCUT2D eigenvalue weighted by Gasteiger charge is 2.15. The third-order valence-electron chi connectivity index (χ3n) is 3.28. The molecule has 5 nitrogen and oxygen atoms in total. The molecule has 1 amide bonds. The Bertz CT molecular complexity index is 772. The summed E-state index contributed by atoms with van der Waals surface area (Å²) in [5.41, 5.74) is 0.994. The number of hydrogen-bond donors (Lipinski definition) is 1. The van der Waals surface area contributed by atoms with Gasteiger partial charge in [-0.15, -0.1) is 11.8 Å². The van der Waals surface area contributed by atoms with Crippen LogP contribution in [0.5, 0.6) is 5.75 Å². The average Bonchev–Trinajstić information content (AvgIpc) is 2.63. The molecule has 138 valence electrons. The average molecular weight is 380 g/mol. The van der Waals surface area contributed by atoms with Crippen LogP contribution in [0.3, 0.4) is 0 Å². The molecule has 2 aromatic rings. The Morgan fingerprint density at radius 3 is 2.62 bits per heavy atom. The molecule has 8 heteroatoms. The fourth-order valence-electron chi connectivity index (χ4n) is 2.00. The van der Waals surface area contributed by atoms with E-state index in [-0.39, 0.29) is 11.7 Å². The van der Waals surface area contributed by atoms with Gasteiger partial charge in [0, 0.05) is 10.5 Å². The van der Waals surface area contributed by atoms with Crippen LogP contribution in [0.1, 0.15) is 12.5 Å². The van der Waals surface area contributed by atoms with Gasteiger partial charge in [0.05, 0.1) is 11.9 Å². The van der Waals surface area contributed by atoms with Gasteiger partial charge in [-0.3, -0.25) is 4.79 Å². The number of carbonyl (C=O) groups excluding carboxylic acids is 1. The summed E-state index contributed by atoms with van der Waals surface area (Å²) in [4.78, 5) is 18.2. The number of oxime groups is 1. The van der Waals surface area contributed by atoms with Gasteiger partial charge in [-0.25, -0.2) is 0 Å². The molecule has 0 aliphatic carbocycles. The molecule has 1 unspecified atom stereocenters. The van der Waals surface area contributed by atoms with Gasteiger partial charge in [-0.2, -0.15) is 8.78 Å². The molecule has 0 fully saturated rings. The minimum Gasteiger partial charge on any atom is -0.434 e. The number of nitrogens with zero attached hydrogens (tertiary/aromatic N) is 1. The van der Waals surface area contributed by atoms with E-state index in [2.05, 4.69) is 15.2 Å². The summed E-state index contributed by atoms with van der Waals surface area (Å²) >= 11 is 1.51. The lowest BCUT2D eigenvalue weighted by molar-refractivity contribution is -0.126. The van der Waals surface area contributed by atoms with Crippen LogP contribution >= 0.6 is 11.8 Å². The highest BCUT2D eigenvalue weighted by molar-refractivity contribution is 7.98. The minimum absolute atomic E-state index is 0.0270. The van der Waals surface area contributed by atoms with E-state index >= 15 is 0 Å². The first-order valence-electron chi connectivity index (χ1n) is 7.68. The van der Waals surface area contributed by atoms with Crippen molar-refractivity contribution in [3.63, 3.8) is 0 Å². The van der Waals surface area contributed by atoms with Crippen LogP contribution in [-0.4, -0.2) is 31.1 Å². The standard InChI is InChI=1S/C18H18F2N2O3S/c1-12(17(23)22-14-8-4-6-10-16(14)26-2)25-21-11-13-7-3-5-9-15(13)24-18(19)20/h3-12,18H,1-2H3,(H,22,23)/b21-11+. The Balaban J connectivity index is 1.96. The molecule has 0 saturated carbocycles. The number of benzene rings is 2. The van der Waals surface area contributed by atoms with E-state index in [4.69, 9.17) is 4.84 Å². The van der Waals surface area contributed by atoms with Crippen LogP contribution in [0.4, 0.5) is 14.5 Å². The van der Waals surface area contributed by atoms with Crippen LogP contribution in [0.25, 0.3) is 0 Å². The van der Waals surface area contributed by atoms with Crippen molar-refractivity contribution in [3.05, 3.63) is 54.1 Å². The molecule has 1 atom stereocenters. The summed E-state index contributed by atoms with van der Waals surface area (Å²) in [7, 11) is 0. The Morgan fingerprint density at radius 1 is 1.19 bits per heavy atom. The number of halogens is 2. The fraction of sp³-hybridized carbons (Fsp3) is 0.222. The number of rotatable bonds is 8. The Kier molecular flexibility index (Phi) is 7.40. The number of para-hydroxylation sites is 2. The number of amides is 1. The van der Waals surface area contributed by atoms with Crippen LogP contribution in [0, 0.1) is 0 Å². The molecule has 0 saturated heterocycles. The molecule has 2 rings (SSSR count). The van der Waals surface area contributed by atoms with E-state index in [0.717, 1.165) is 4.90 Å². The number of alkyl halides is 2. The summed E-state index contributed by atoms with van der Waals surface area (Å²) in [6.07, 6.45) is 2.26. The molecule has 0 radical (unpaired) electrons. The van der Waals surface area contributed by atoms with Gasteiger partial charge < -0.3 is 14.9 Å². The molecule has 0 bridgehead atoms. The van der Waals surface area contributed by atoms with Gasteiger partial charge in [0.15, 0.2) is 0 Å². The third-order valence-corrected chi connectivity index (χ3v) is 4.08. The molecule has 0 spiro atoms. The second-order valence-electron chi connectivity index (χ2n) is 5.09. The lowest BCUT2D eigenvalue weighted by atomic mass is 10.2. The van der Waals surface area contributed by atoms with Crippen LogP contribution in [0.15, 0.2) is 58.6 Å². The fourth-order valence-corrected chi connectivity index (χ4v) is 2.55. The largest absolute Gasteiger partial charge is 0.434 e. The Morgan fingerprint density at radius 2 is 1.88 bits per heavy atom. The van der Waals surface area contributed by atoms with Gasteiger partial charge in [-0.1, -0.05) is 29.4 Å². The maximum Gasteiger partial charge on any atom is 0.387 e. The summed E-state index contributed by atoms with van der Waals surface area (Å²) in [6.45, 7) is -1.40. The number of nitrogens with one attached hydrogen (secondary N) is 1. The zero-order valence-corrected chi connectivity index (χ0v) is 15.0.